The maximum Gasteiger partial charge on any atom is 0.389 e. The highest BCUT2D eigenvalue weighted by atomic mass is 19.4. The Kier molecular flexibility index (Phi) is 5.02. The molecule has 1 unspecified atom stereocenters. The fourth-order valence-corrected chi connectivity index (χ4v) is 2.51. The number of nitrogens with one attached hydrogen (secondary N) is 1. The lowest BCUT2D eigenvalue weighted by molar-refractivity contribution is -0.136. The maximum absolute atomic E-state index is 12.4. The largest absolute Gasteiger partial charge is 0.389 e. The summed E-state index contributed by atoms with van der Waals surface area (Å²) in [5.74, 6) is 0. The van der Waals surface area contributed by atoms with Crippen molar-refractivity contribution in [3.05, 3.63) is 33.9 Å². The van der Waals surface area contributed by atoms with Crippen molar-refractivity contribution in [1.29, 1.82) is 0 Å². The molecule has 0 heterocycles. The average molecular weight is 273 g/mol. The van der Waals surface area contributed by atoms with Crippen molar-refractivity contribution < 1.29 is 13.2 Å². The molecule has 0 aliphatic heterocycles. The molecule has 0 amide bonds. The summed E-state index contributed by atoms with van der Waals surface area (Å²) < 4.78 is 37.2. The van der Waals surface area contributed by atoms with Gasteiger partial charge < -0.3 is 5.32 Å². The van der Waals surface area contributed by atoms with Gasteiger partial charge in [-0.15, -0.1) is 0 Å². The number of alkyl halides is 3. The van der Waals surface area contributed by atoms with Crippen LogP contribution in [0.1, 0.15) is 46.7 Å². The highest BCUT2D eigenvalue weighted by Gasteiger charge is 2.29. The van der Waals surface area contributed by atoms with E-state index < -0.39 is 12.6 Å². The molecule has 0 saturated carbocycles. The van der Waals surface area contributed by atoms with Crippen LogP contribution < -0.4 is 5.32 Å². The van der Waals surface area contributed by atoms with Crippen LogP contribution in [0.3, 0.4) is 0 Å². The summed E-state index contributed by atoms with van der Waals surface area (Å²) in [6.07, 6.45) is -4.79. The first-order valence-electron chi connectivity index (χ1n) is 6.48. The third kappa shape index (κ3) is 3.96. The molecule has 1 rings (SSSR count). The zero-order chi connectivity index (χ0) is 14.8. The lowest BCUT2D eigenvalue weighted by atomic mass is 9.88. The van der Waals surface area contributed by atoms with Gasteiger partial charge in [-0.25, -0.2) is 0 Å². The van der Waals surface area contributed by atoms with Crippen LogP contribution in [0.15, 0.2) is 6.07 Å². The average Bonchev–Trinajstić information content (AvgIpc) is 2.29. The van der Waals surface area contributed by atoms with E-state index in [0.717, 1.165) is 27.8 Å². The van der Waals surface area contributed by atoms with Gasteiger partial charge in [-0.05, 0) is 69.0 Å². The molecular weight excluding hydrogens is 251 g/mol. The third-order valence-corrected chi connectivity index (χ3v) is 3.84. The SMILES string of the molecule is CNC(CCC(F)(F)F)c1c(C)c(C)cc(C)c1C. The van der Waals surface area contributed by atoms with E-state index in [-0.39, 0.29) is 12.5 Å². The zero-order valence-corrected chi connectivity index (χ0v) is 12.2. The van der Waals surface area contributed by atoms with Crippen molar-refractivity contribution in [1.82, 2.24) is 5.32 Å². The Morgan fingerprint density at radius 1 is 1.05 bits per heavy atom. The maximum atomic E-state index is 12.4. The number of halogens is 3. The smallest absolute Gasteiger partial charge is 0.313 e. The number of hydrogen-bond acceptors (Lipinski definition) is 1. The summed E-state index contributed by atoms with van der Waals surface area (Å²) >= 11 is 0. The zero-order valence-electron chi connectivity index (χ0n) is 12.2. The first-order valence-corrected chi connectivity index (χ1v) is 6.48. The fourth-order valence-electron chi connectivity index (χ4n) is 2.51. The van der Waals surface area contributed by atoms with Crippen LogP contribution in [0.4, 0.5) is 13.2 Å². The van der Waals surface area contributed by atoms with Crippen molar-refractivity contribution in [3.63, 3.8) is 0 Å². The summed E-state index contributed by atoms with van der Waals surface area (Å²) in [6.45, 7) is 7.97. The molecule has 0 spiro atoms. The van der Waals surface area contributed by atoms with Crippen LogP contribution in [0.2, 0.25) is 0 Å². The Morgan fingerprint density at radius 3 is 1.89 bits per heavy atom. The van der Waals surface area contributed by atoms with Gasteiger partial charge >= 0.3 is 6.18 Å². The van der Waals surface area contributed by atoms with E-state index in [0.29, 0.717) is 0 Å². The standard InChI is InChI=1S/C15H22F3N/c1-9-8-10(2)12(4)14(11(9)3)13(19-5)6-7-15(16,17)18/h8,13,19H,6-7H2,1-5H3. The monoisotopic (exact) mass is 273 g/mol. The molecule has 108 valence electrons. The first kappa shape index (κ1) is 16.0. The fraction of sp³-hybridized carbons (Fsp3) is 0.600. The van der Waals surface area contributed by atoms with Gasteiger partial charge in [0.05, 0.1) is 0 Å². The molecule has 0 radical (unpaired) electrons. The van der Waals surface area contributed by atoms with Crippen molar-refractivity contribution >= 4 is 0 Å². The molecule has 19 heavy (non-hydrogen) atoms. The summed E-state index contributed by atoms with van der Waals surface area (Å²) in [7, 11) is 1.72. The molecule has 1 atom stereocenters. The highest BCUT2D eigenvalue weighted by molar-refractivity contribution is 5.45. The summed E-state index contributed by atoms with van der Waals surface area (Å²) in [5, 5.41) is 3.03. The van der Waals surface area contributed by atoms with Crippen LogP contribution >= 0.6 is 0 Å². The van der Waals surface area contributed by atoms with Gasteiger partial charge in [-0.1, -0.05) is 6.07 Å². The molecule has 1 N–H and O–H groups in total. The second-order valence-corrected chi connectivity index (χ2v) is 5.17. The quantitative estimate of drug-likeness (QED) is 0.850. The Balaban J connectivity index is 3.11. The van der Waals surface area contributed by atoms with Gasteiger partial charge in [-0.2, -0.15) is 13.2 Å². The number of benzene rings is 1. The van der Waals surface area contributed by atoms with Gasteiger partial charge in [-0.3, -0.25) is 0 Å². The van der Waals surface area contributed by atoms with Crippen LogP contribution in [0.25, 0.3) is 0 Å². The minimum absolute atomic E-state index is 0.0740. The summed E-state index contributed by atoms with van der Waals surface area (Å²) in [6, 6.07) is 1.84. The molecule has 0 fully saturated rings. The predicted molar refractivity (Wildman–Crippen MR) is 72.5 cm³/mol. The third-order valence-electron chi connectivity index (χ3n) is 3.84. The van der Waals surface area contributed by atoms with Crippen molar-refractivity contribution in [2.24, 2.45) is 0 Å². The van der Waals surface area contributed by atoms with Crippen LogP contribution in [-0.2, 0) is 0 Å². The lowest BCUT2D eigenvalue weighted by Crippen LogP contribution is -2.22. The lowest BCUT2D eigenvalue weighted by Gasteiger charge is -2.24. The van der Waals surface area contributed by atoms with Crippen LogP contribution in [-0.4, -0.2) is 13.2 Å². The van der Waals surface area contributed by atoms with Gasteiger partial charge in [0.2, 0.25) is 0 Å². The molecular formula is C15H22F3N. The molecule has 0 aliphatic rings. The van der Waals surface area contributed by atoms with E-state index in [1.807, 2.05) is 27.7 Å². The Morgan fingerprint density at radius 2 is 1.53 bits per heavy atom. The second-order valence-electron chi connectivity index (χ2n) is 5.17. The molecule has 0 bridgehead atoms. The van der Waals surface area contributed by atoms with Gasteiger partial charge in [0.1, 0.15) is 0 Å². The molecule has 0 aliphatic carbocycles. The minimum Gasteiger partial charge on any atom is -0.313 e. The molecule has 1 nitrogen and oxygen atoms in total. The van der Waals surface area contributed by atoms with E-state index in [9.17, 15) is 13.2 Å². The Labute approximate surface area is 113 Å². The van der Waals surface area contributed by atoms with Gasteiger partial charge in [0.25, 0.3) is 0 Å². The van der Waals surface area contributed by atoms with E-state index >= 15 is 0 Å². The van der Waals surface area contributed by atoms with Crippen LogP contribution in [0, 0.1) is 27.7 Å². The van der Waals surface area contributed by atoms with Gasteiger partial charge in [0.15, 0.2) is 0 Å². The number of aryl methyl sites for hydroxylation is 2. The van der Waals surface area contributed by atoms with E-state index in [2.05, 4.69) is 11.4 Å². The van der Waals surface area contributed by atoms with E-state index in [4.69, 9.17) is 0 Å². The molecule has 1 aromatic rings. The summed E-state index contributed by atoms with van der Waals surface area (Å²) in [4.78, 5) is 0. The first-order chi connectivity index (χ1) is 8.67. The number of hydrogen-bond donors (Lipinski definition) is 1. The summed E-state index contributed by atoms with van der Waals surface area (Å²) in [5.41, 5.74) is 5.45. The van der Waals surface area contributed by atoms with E-state index in [1.165, 1.54) is 0 Å². The molecule has 0 aromatic heterocycles. The van der Waals surface area contributed by atoms with Gasteiger partial charge in [0, 0.05) is 12.5 Å². The number of rotatable bonds is 4. The predicted octanol–water partition coefficient (Wildman–Crippen LogP) is 4.52. The second kappa shape index (κ2) is 5.95. The highest BCUT2D eigenvalue weighted by Crippen LogP contribution is 2.32. The Hall–Kier alpha value is -1.03. The van der Waals surface area contributed by atoms with Crippen LogP contribution in [0.5, 0.6) is 0 Å². The molecule has 0 saturated heterocycles. The van der Waals surface area contributed by atoms with E-state index in [1.54, 1.807) is 7.05 Å². The normalized spacial score (nSPS) is 13.7. The Bertz CT molecular complexity index is 423. The molecule has 4 heteroatoms. The van der Waals surface area contributed by atoms with Crippen molar-refractivity contribution in [2.75, 3.05) is 7.05 Å². The van der Waals surface area contributed by atoms with Crippen molar-refractivity contribution in [3.8, 4) is 0 Å². The molecule has 1 aromatic carbocycles. The topological polar surface area (TPSA) is 12.0 Å². The minimum atomic E-state index is -4.10. The van der Waals surface area contributed by atoms with Crippen molar-refractivity contribution in [2.45, 2.75) is 52.8 Å².